The van der Waals surface area contributed by atoms with E-state index in [9.17, 15) is 17.6 Å². The topological polar surface area (TPSA) is 108 Å². The normalized spacial score (nSPS) is 16.4. The number of hydrogen-bond acceptors (Lipinski definition) is 6. The van der Waals surface area contributed by atoms with Crippen molar-refractivity contribution in [2.24, 2.45) is 5.73 Å². The molecule has 1 atom stereocenters. The minimum atomic E-state index is -3.89. The highest BCUT2D eigenvalue weighted by Crippen LogP contribution is 2.43. The first-order valence-electron chi connectivity index (χ1n) is 8.90. The molecule has 2 aromatic rings. The molecule has 0 bridgehead atoms. The van der Waals surface area contributed by atoms with E-state index in [0.717, 1.165) is 22.3 Å². The highest BCUT2D eigenvalue weighted by atomic mass is 35.5. The number of anilines is 1. The SMILES string of the molecule is CC1=C(C(N)=O)N(S(C)(=O)=O)C(N(Cc2ccc(F)cc2Cl)c2ccc(C#N)cc2)S1. The number of amides is 1. The van der Waals surface area contributed by atoms with Crippen molar-refractivity contribution < 1.29 is 17.6 Å². The Hall–Kier alpha value is -2.74. The first-order valence-corrected chi connectivity index (χ1v) is 12.0. The van der Waals surface area contributed by atoms with E-state index in [1.54, 1.807) is 36.1 Å². The van der Waals surface area contributed by atoms with Crippen LogP contribution >= 0.6 is 23.4 Å². The number of sulfonamides is 1. The van der Waals surface area contributed by atoms with Crippen LogP contribution in [0, 0.1) is 17.1 Å². The molecule has 0 radical (unpaired) electrons. The molecular weight excluding hydrogens is 463 g/mol. The molecule has 31 heavy (non-hydrogen) atoms. The summed E-state index contributed by atoms with van der Waals surface area (Å²) in [6, 6.07) is 12.5. The van der Waals surface area contributed by atoms with Crippen LogP contribution in [0.15, 0.2) is 53.1 Å². The number of hydrogen-bond donors (Lipinski definition) is 1. The van der Waals surface area contributed by atoms with Crippen molar-refractivity contribution in [3.63, 3.8) is 0 Å². The quantitative estimate of drug-likeness (QED) is 0.679. The van der Waals surface area contributed by atoms with E-state index in [0.29, 0.717) is 21.7 Å². The Morgan fingerprint density at radius 2 is 1.97 bits per heavy atom. The Morgan fingerprint density at radius 3 is 2.48 bits per heavy atom. The summed E-state index contributed by atoms with van der Waals surface area (Å²) < 4.78 is 39.8. The van der Waals surface area contributed by atoms with Gasteiger partial charge < -0.3 is 10.6 Å². The minimum absolute atomic E-state index is 0.105. The van der Waals surface area contributed by atoms with Crippen molar-refractivity contribution in [2.45, 2.75) is 19.0 Å². The zero-order chi connectivity index (χ0) is 22.9. The molecule has 3 rings (SSSR count). The third-order valence-corrected chi connectivity index (χ3v) is 7.38. The molecule has 0 saturated heterocycles. The second-order valence-electron chi connectivity index (χ2n) is 6.79. The summed E-state index contributed by atoms with van der Waals surface area (Å²) in [5.41, 5.74) is 6.03. The molecule has 2 N–H and O–H groups in total. The van der Waals surface area contributed by atoms with Crippen LogP contribution in [0.25, 0.3) is 0 Å². The van der Waals surface area contributed by atoms with Gasteiger partial charge >= 0.3 is 0 Å². The fourth-order valence-electron chi connectivity index (χ4n) is 3.19. The van der Waals surface area contributed by atoms with E-state index in [1.165, 1.54) is 18.2 Å². The van der Waals surface area contributed by atoms with E-state index < -0.39 is 27.2 Å². The summed E-state index contributed by atoms with van der Waals surface area (Å²) in [4.78, 5) is 14.2. The molecule has 162 valence electrons. The fraction of sp³-hybridized carbons (Fsp3) is 0.200. The fourth-order valence-corrected chi connectivity index (χ4v) is 6.22. The predicted molar refractivity (Wildman–Crippen MR) is 119 cm³/mol. The number of allylic oxidation sites excluding steroid dienone is 1. The summed E-state index contributed by atoms with van der Waals surface area (Å²) in [6.07, 6.45) is 0.990. The lowest BCUT2D eigenvalue weighted by Gasteiger charge is -2.36. The molecule has 1 heterocycles. The van der Waals surface area contributed by atoms with Crippen LogP contribution in [0.4, 0.5) is 10.1 Å². The lowest BCUT2D eigenvalue weighted by atomic mass is 10.1. The number of nitrogens with zero attached hydrogens (tertiary/aromatic N) is 3. The molecule has 0 aromatic heterocycles. The van der Waals surface area contributed by atoms with Crippen LogP contribution in [0.5, 0.6) is 0 Å². The van der Waals surface area contributed by atoms with Gasteiger partial charge in [-0.2, -0.15) is 5.26 Å². The molecule has 11 heteroatoms. The van der Waals surface area contributed by atoms with Crippen molar-refractivity contribution in [3.8, 4) is 6.07 Å². The number of rotatable bonds is 6. The Morgan fingerprint density at radius 1 is 1.32 bits per heavy atom. The van der Waals surface area contributed by atoms with Gasteiger partial charge in [0.25, 0.3) is 5.91 Å². The van der Waals surface area contributed by atoms with Gasteiger partial charge in [0.2, 0.25) is 10.0 Å². The van der Waals surface area contributed by atoms with Gasteiger partial charge in [-0.1, -0.05) is 29.4 Å². The van der Waals surface area contributed by atoms with Gasteiger partial charge in [-0.05, 0) is 48.9 Å². The number of carbonyl (C=O) groups is 1. The van der Waals surface area contributed by atoms with E-state index in [1.807, 2.05) is 6.07 Å². The van der Waals surface area contributed by atoms with Gasteiger partial charge in [0.15, 0.2) is 5.50 Å². The summed E-state index contributed by atoms with van der Waals surface area (Å²) in [6.45, 7) is 1.72. The number of benzene rings is 2. The van der Waals surface area contributed by atoms with Crippen LogP contribution in [0.2, 0.25) is 5.02 Å². The number of thioether (sulfide) groups is 1. The van der Waals surface area contributed by atoms with Gasteiger partial charge in [-0.3, -0.25) is 4.79 Å². The van der Waals surface area contributed by atoms with E-state index in [-0.39, 0.29) is 17.3 Å². The Kier molecular flexibility index (Phi) is 6.50. The van der Waals surface area contributed by atoms with Crippen LogP contribution in [-0.4, -0.2) is 30.4 Å². The van der Waals surface area contributed by atoms with E-state index in [4.69, 9.17) is 22.6 Å². The maximum absolute atomic E-state index is 13.5. The summed E-state index contributed by atoms with van der Waals surface area (Å²) in [5.74, 6) is -1.36. The highest BCUT2D eigenvalue weighted by molar-refractivity contribution is 8.04. The summed E-state index contributed by atoms with van der Waals surface area (Å²) in [5, 5.41) is 9.26. The lowest BCUT2D eigenvalue weighted by molar-refractivity contribution is -0.115. The number of carbonyl (C=O) groups excluding carboxylic acids is 1. The maximum Gasteiger partial charge on any atom is 0.266 e. The average molecular weight is 481 g/mol. The molecule has 0 aliphatic carbocycles. The third kappa shape index (κ3) is 4.79. The minimum Gasteiger partial charge on any atom is -0.364 e. The number of primary amides is 1. The van der Waals surface area contributed by atoms with Gasteiger partial charge in [-0.25, -0.2) is 17.1 Å². The first kappa shape index (κ1) is 22.9. The number of nitriles is 1. The summed E-state index contributed by atoms with van der Waals surface area (Å²) >= 11 is 7.36. The molecule has 1 aliphatic rings. The van der Waals surface area contributed by atoms with Crippen molar-refractivity contribution in [2.75, 3.05) is 11.2 Å². The molecule has 0 fully saturated rings. The second-order valence-corrected chi connectivity index (χ2v) is 10.3. The lowest BCUT2D eigenvalue weighted by Crippen LogP contribution is -2.47. The van der Waals surface area contributed by atoms with E-state index >= 15 is 0 Å². The van der Waals surface area contributed by atoms with Crippen molar-refractivity contribution in [1.82, 2.24) is 4.31 Å². The maximum atomic E-state index is 13.5. The molecule has 1 unspecified atom stereocenters. The molecular formula is C20H18ClFN4O3S2. The molecule has 1 amide bonds. The number of halogens is 2. The highest BCUT2D eigenvalue weighted by Gasteiger charge is 2.43. The zero-order valence-electron chi connectivity index (χ0n) is 16.5. The average Bonchev–Trinajstić information content (AvgIpc) is 3.05. The molecule has 2 aromatic carbocycles. The summed E-state index contributed by atoms with van der Waals surface area (Å²) in [7, 11) is -3.89. The molecule has 7 nitrogen and oxygen atoms in total. The van der Waals surface area contributed by atoms with Crippen LogP contribution in [-0.2, 0) is 21.4 Å². The monoisotopic (exact) mass is 480 g/mol. The van der Waals surface area contributed by atoms with E-state index in [2.05, 4.69) is 0 Å². The van der Waals surface area contributed by atoms with Gasteiger partial charge in [0, 0.05) is 22.2 Å². The third-order valence-electron chi connectivity index (χ3n) is 4.58. The van der Waals surface area contributed by atoms with Crippen molar-refractivity contribution >= 4 is 45.0 Å². The van der Waals surface area contributed by atoms with Crippen molar-refractivity contribution in [1.29, 1.82) is 5.26 Å². The zero-order valence-corrected chi connectivity index (χ0v) is 18.9. The Labute approximate surface area is 188 Å². The van der Waals surface area contributed by atoms with Gasteiger partial charge in [0.05, 0.1) is 17.9 Å². The predicted octanol–water partition coefficient (Wildman–Crippen LogP) is 3.37. The standard InChI is InChI=1S/C20H18ClFN4O3S2/c1-12-18(19(24)27)26(31(2,28)29)20(30-12)25(16-7-3-13(10-23)4-8-16)11-14-5-6-15(22)9-17(14)21/h3-9,20H,11H2,1-2H3,(H2,24,27). The largest absolute Gasteiger partial charge is 0.364 e. The van der Waals surface area contributed by atoms with Gasteiger partial charge in [-0.15, -0.1) is 0 Å². The van der Waals surface area contributed by atoms with Gasteiger partial charge in [0.1, 0.15) is 11.5 Å². The number of nitrogens with two attached hydrogens (primary N) is 1. The Bertz CT molecular complexity index is 1210. The molecule has 0 saturated carbocycles. The molecule has 0 spiro atoms. The van der Waals surface area contributed by atoms with Crippen molar-refractivity contribution in [3.05, 3.63) is 75.0 Å². The Balaban J connectivity index is 2.13. The smallest absolute Gasteiger partial charge is 0.266 e. The van der Waals surface area contributed by atoms with Crippen LogP contribution in [0.1, 0.15) is 18.1 Å². The second kappa shape index (κ2) is 8.78. The first-order chi connectivity index (χ1) is 14.5. The molecule has 1 aliphatic heterocycles. The van der Waals surface area contributed by atoms with Crippen LogP contribution < -0.4 is 10.6 Å². The van der Waals surface area contributed by atoms with Crippen LogP contribution in [0.3, 0.4) is 0 Å².